The van der Waals surface area contributed by atoms with E-state index < -0.39 is 0 Å². The first kappa shape index (κ1) is 19.9. The lowest BCUT2D eigenvalue weighted by atomic mass is 10.1. The van der Waals surface area contributed by atoms with Gasteiger partial charge in [0.05, 0.1) is 12.0 Å². The minimum atomic E-state index is -0.388. The summed E-state index contributed by atoms with van der Waals surface area (Å²) in [4.78, 5) is 30.3. The second-order valence-corrected chi connectivity index (χ2v) is 8.04. The monoisotopic (exact) mass is 437 g/mol. The number of hydrogen-bond donors (Lipinski definition) is 2. The number of nitrogens with zero attached hydrogens (tertiary/aromatic N) is 1. The second kappa shape index (κ2) is 8.52. The zero-order chi connectivity index (χ0) is 21.1. The molecule has 0 fully saturated rings. The predicted molar refractivity (Wildman–Crippen MR) is 118 cm³/mol. The number of furan rings is 1. The molecule has 0 aliphatic carbocycles. The Morgan fingerprint density at radius 3 is 2.53 bits per heavy atom. The van der Waals surface area contributed by atoms with Crippen LogP contribution in [0.1, 0.15) is 25.8 Å². The van der Waals surface area contributed by atoms with Crippen molar-refractivity contribution in [3.8, 4) is 11.3 Å². The molecule has 8 heteroatoms. The Morgan fingerprint density at radius 2 is 1.80 bits per heavy atom. The molecule has 0 unspecified atom stereocenters. The molecule has 2 N–H and O–H groups in total. The first-order chi connectivity index (χ1) is 14.5. The minimum Gasteiger partial charge on any atom is -0.459 e. The molecule has 0 saturated carbocycles. The van der Waals surface area contributed by atoms with Gasteiger partial charge in [0.25, 0.3) is 11.8 Å². The number of anilines is 2. The van der Waals surface area contributed by atoms with Crippen LogP contribution >= 0.6 is 22.9 Å². The zero-order valence-corrected chi connectivity index (χ0v) is 17.4. The summed E-state index contributed by atoms with van der Waals surface area (Å²) in [5, 5.41) is 6.67. The molecule has 0 radical (unpaired) electrons. The van der Waals surface area contributed by atoms with Crippen molar-refractivity contribution in [2.24, 2.45) is 0 Å². The van der Waals surface area contributed by atoms with Gasteiger partial charge >= 0.3 is 0 Å². The number of benzene rings is 2. The first-order valence-corrected chi connectivity index (χ1v) is 10.2. The molecular formula is C22H16ClN3O3S. The molecule has 0 aliphatic heterocycles. The van der Waals surface area contributed by atoms with Gasteiger partial charge in [-0.25, -0.2) is 4.98 Å². The van der Waals surface area contributed by atoms with Crippen LogP contribution in [0, 0.1) is 6.92 Å². The lowest BCUT2D eigenvalue weighted by molar-refractivity contribution is 0.0993. The minimum absolute atomic E-state index is 0.192. The van der Waals surface area contributed by atoms with E-state index in [4.69, 9.17) is 16.0 Å². The maximum absolute atomic E-state index is 12.7. The molecule has 0 bridgehead atoms. The van der Waals surface area contributed by atoms with Crippen molar-refractivity contribution in [3.63, 3.8) is 0 Å². The van der Waals surface area contributed by atoms with Crippen molar-refractivity contribution in [1.29, 1.82) is 0 Å². The van der Waals surface area contributed by atoms with E-state index in [1.54, 1.807) is 48.5 Å². The summed E-state index contributed by atoms with van der Waals surface area (Å²) in [7, 11) is 0. The van der Waals surface area contributed by atoms with Crippen molar-refractivity contribution in [3.05, 3.63) is 88.2 Å². The fourth-order valence-corrected chi connectivity index (χ4v) is 3.79. The topological polar surface area (TPSA) is 84.2 Å². The summed E-state index contributed by atoms with van der Waals surface area (Å²) in [6.07, 6.45) is 1.42. The number of aryl methyl sites for hydroxylation is 1. The number of halogens is 1. The largest absolute Gasteiger partial charge is 0.459 e. The first-order valence-electron chi connectivity index (χ1n) is 8.99. The van der Waals surface area contributed by atoms with E-state index >= 15 is 0 Å². The number of amides is 2. The molecule has 2 aromatic carbocycles. The van der Waals surface area contributed by atoms with Gasteiger partial charge in [-0.2, -0.15) is 0 Å². The number of thiazole rings is 1. The Morgan fingerprint density at radius 1 is 1.00 bits per heavy atom. The quantitative estimate of drug-likeness (QED) is 0.409. The maximum Gasteiger partial charge on any atom is 0.291 e. The zero-order valence-electron chi connectivity index (χ0n) is 15.8. The summed E-state index contributed by atoms with van der Waals surface area (Å²) in [6, 6.07) is 17.2. The highest BCUT2D eigenvalue weighted by atomic mass is 35.5. The molecule has 0 spiro atoms. The normalized spacial score (nSPS) is 10.6. The summed E-state index contributed by atoms with van der Waals surface area (Å²) in [5.41, 5.74) is 2.61. The highest BCUT2D eigenvalue weighted by molar-refractivity contribution is 7.16. The van der Waals surface area contributed by atoms with E-state index in [9.17, 15) is 9.59 Å². The van der Waals surface area contributed by atoms with Crippen molar-refractivity contribution < 1.29 is 14.0 Å². The fourth-order valence-electron chi connectivity index (χ4n) is 2.83. The van der Waals surface area contributed by atoms with E-state index in [-0.39, 0.29) is 17.6 Å². The average Bonchev–Trinajstić information content (AvgIpc) is 3.39. The third-order valence-electron chi connectivity index (χ3n) is 4.26. The molecular weight excluding hydrogens is 422 g/mol. The molecule has 2 heterocycles. The third-order valence-corrected chi connectivity index (χ3v) is 5.40. The number of rotatable bonds is 5. The van der Waals surface area contributed by atoms with Gasteiger partial charge < -0.3 is 9.73 Å². The van der Waals surface area contributed by atoms with Gasteiger partial charge in [0.15, 0.2) is 10.9 Å². The van der Waals surface area contributed by atoms with E-state index in [1.807, 2.05) is 19.1 Å². The molecule has 150 valence electrons. The lowest BCUT2D eigenvalue weighted by Gasteiger charge is -2.06. The number of carbonyl (C=O) groups is 2. The molecule has 4 rings (SSSR count). The van der Waals surface area contributed by atoms with Crippen LogP contribution in [-0.2, 0) is 0 Å². The van der Waals surface area contributed by atoms with Crippen LogP contribution in [0.2, 0.25) is 5.02 Å². The van der Waals surface area contributed by atoms with E-state index in [2.05, 4.69) is 15.6 Å². The standard InChI is InChI=1S/C22H16ClN3O3S/c1-13-19(14-7-9-16(23)10-8-14)25-22(30-13)26-20(27)15-4-2-5-17(12-15)24-21(28)18-6-3-11-29-18/h2-12H,1H3,(H,24,28)(H,25,26,27). The average molecular weight is 438 g/mol. The number of carbonyl (C=O) groups excluding carboxylic acids is 2. The summed E-state index contributed by atoms with van der Waals surface area (Å²) in [5.74, 6) is -0.515. The summed E-state index contributed by atoms with van der Waals surface area (Å²) < 4.78 is 5.08. The van der Waals surface area contributed by atoms with Crippen molar-refractivity contribution in [2.75, 3.05) is 10.6 Å². The summed E-state index contributed by atoms with van der Waals surface area (Å²) in [6.45, 7) is 1.95. The molecule has 2 aromatic heterocycles. The van der Waals surface area contributed by atoms with Crippen molar-refractivity contribution >= 4 is 45.6 Å². The van der Waals surface area contributed by atoms with Gasteiger partial charge in [-0.05, 0) is 49.4 Å². The third kappa shape index (κ3) is 4.42. The van der Waals surface area contributed by atoms with E-state index in [0.29, 0.717) is 21.4 Å². The molecule has 4 aromatic rings. The SMILES string of the molecule is Cc1sc(NC(=O)c2cccc(NC(=O)c3ccco3)c2)nc1-c1ccc(Cl)cc1. The fraction of sp³-hybridized carbons (Fsp3) is 0.0455. The second-order valence-electron chi connectivity index (χ2n) is 6.40. The molecule has 0 atom stereocenters. The Hall–Kier alpha value is -3.42. The van der Waals surface area contributed by atoms with Gasteiger partial charge in [-0.15, -0.1) is 11.3 Å². The predicted octanol–water partition coefficient (Wildman–Crippen LogP) is 5.87. The Balaban J connectivity index is 1.48. The lowest BCUT2D eigenvalue weighted by Crippen LogP contribution is -2.14. The van der Waals surface area contributed by atoms with Gasteiger partial charge in [-0.3, -0.25) is 14.9 Å². The van der Waals surface area contributed by atoms with Crippen LogP contribution in [0.15, 0.2) is 71.3 Å². The smallest absolute Gasteiger partial charge is 0.291 e. The van der Waals surface area contributed by atoms with Crippen molar-refractivity contribution in [2.45, 2.75) is 6.92 Å². The van der Waals surface area contributed by atoms with Crippen LogP contribution < -0.4 is 10.6 Å². The number of nitrogens with one attached hydrogen (secondary N) is 2. The van der Waals surface area contributed by atoms with Crippen LogP contribution in [0.4, 0.5) is 10.8 Å². The van der Waals surface area contributed by atoms with Gasteiger partial charge in [-0.1, -0.05) is 29.8 Å². The highest BCUT2D eigenvalue weighted by Crippen LogP contribution is 2.31. The molecule has 0 aliphatic rings. The molecule has 30 heavy (non-hydrogen) atoms. The molecule has 0 saturated heterocycles. The Labute approximate surface area is 181 Å². The van der Waals surface area contributed by atoms with Crippen LogP contribution in [0.25, 0.3) is 11.3 Å². The van der Waals surface area contributed by atoms with E-state index in [0.717, 1.165) is 16.1 Å². The molecule has 2 amide bonds. The summed E-state index contributed by atoms with van der Waals surface area (Å²) >= 11 is 7.34. The number of hydrogen-bond acceptors (Lipinski definition) is 5. The van der Waals surface area contributed by atoms with Gasteiger partial charge in [0.2, 0.25) is 0 Å². The van der Waals surface area contributed by atoms with Crippen molar-refractivity contribution in [1.82, 2.24) is 4.98 Å². The highest BCUT2D eigenvalue weighted by Gasteiger charge is 2.15. The maximum atomic E-state index is 12.7. The van der Waals surface area contributed by atoms with Crippen LogP contribution in [0.5, 0.6) is 0 Å². The Kier molecular flexibility index (Phi) is 5.65. The molecule has 6 nitrogen and oxygen atoms in total. The van der Waals surface area contributed by atoms with E-state index in [1.165, 1.54) is 17.6 Å². The van der Waals surface area contributed by atoms with Gasteiger partial charge in [0, 0.05) is 26.7 Å². The number of aromatic nitrogens is 1. The van der Waals surface area contributed by atoms with Crippen LogP contribution in [-0.4, -0.2) is 16.8 Å². The van der Waals surface area contributed by atoms with Crippen LogP contribution in [0.3, 0.4) is 0 Å². The Bertz CT molecular complexity index is 1200. The van der Waals surface area contributed by atoms with Gasteiger partial charge in [0.1, 0.15) is 0 Å².